The highest BCUT2D eigenvalue weighted by molar-refractivity contribution is 5.82. The molecule has 1 aliphatic heterocycles. The van der Waals surface area contributed by atoms with Gasteiger partial charge in [-0.25, -0.2) is 23.4 Å². The molecular formula is C17H22F2N10. The van der Waals surface area contributed by atoms with Crippen molar-refractivity contribution in [1.29, 1.82) is 0 Å². The maximum absolute atomic E-state index is 13.8. The number of rotatable bonds is 4. The van der Waals surface area contributed by atoms with Gasteiger partial charge in [0, 0.05) is 18.4 Å². The van der Waals surface area contributed by atoms with Crippen molar-refractivity contribution in [2.45, 2.75) is 64.0 Å². The van der Waals surface area contributed by atoms with Crippen LogP contribution in [-0.4, -0.2) is 64.2 Å². The quantitative estimate of drug-likeness (QED) is 0.648. The third kappa shape index (κ3) is 3.40. The van der Waals surface area contributed by atoms with Crippen molar-refractivity contribution in [3.8, 4) is 0 Å². The Labute approximate surface area is 165 Å². The number of halogens is 2. The fourth-order valence-electron chi connectivity index (χ4n) is 3.43. The molecule has 2 fully saturated rings. The van der Waals surface area contributed by atoms with Gasteiger partial charge in [0.2, 0.25) is 5.65 Å². The highest BCUT2D eigenvalue weighted by Gasteiger charge is 2.40. The Balaban J connectivity index is 1.56. The number of anilines is 1. The smallest absolute Gasteiger partial charge is 0.266 e. The number of hydrogen-bond acceptors (Lipinski definition) is 8. The fraction of sp³-hybridized carbons (Fsp3) is 0.706. The van der Waals surface area contributed by atoms with Crippen molar-refractivity contribution in [1.82, 2.24) is 45.2 Å². The van der Waals surface area contributed by atoms with Gasteiger partial charge in [-0.2, -0.15) is 4.80 Å². The predicted octanol–water partition coefficient (Wildman–Crippen LogP) is 1.73. The van der Waals surface area contributed by atoms with Crippen LogP contribution in [0.4, 0.5) is 14.6 Å². The molecule has 1 saturated carbocycles. The van der Waals surface area contributed by atoms with Gasteiger partial charge < -0.3 is 4.90 Å². The van der Waals surface area contributed by atoms with Crippen LogP contribution in [0, 0.1) is 0 Å². The maximum Gasteiger partial charge on any atom is 0.266 e. The number of alkyl halides is 2. The first-order chi connectivity index (χ1) is 13.7. The van der Waals surface area contributed by atoms with Crippen LogP contribution in [0.5, 0.6) is 0 Å². The van der Waals surface area contributed by atoms with Crippen LogP contribution >= 0.6 is 0 Å². The van der Waals surface area contributed by atoms with Gasteiger partial charge in [-0.1, -0.05) is 20.8 Å². The van der Waals surface area contributed by atoms with E-state index in [2.05, 4.69) is 35.7 Å². The zero-order chi connectivity index (χ0) is 20.4. The van der Waals surface area contributed by atoms with Crippen LogP contribution in [0.3, 0.4) is 0 Å². The summed E-state index contributed by atoms with van der Waals surface area (Å²) in [4.78, 5) is 12.2. The van der Waals surface area contributed by atoms with E-state index in [1.807, 2.05) is 20.8 Å². The summed E-state index contributed by atoms with van der Waals surface area (Å²) in [5.74, 6) is -1.12. The largest absolute Gasteiger partial charge is 0.348 e. The van der Waals surface area contributed by atoms with Crippen LogP contribution in [0.15, 0.2) is 0 Å². The van der Waals surface area contributed by atoms with Gasteiger partial charge in [-0.15, -0.1) is 15.3 Å². The molecule has 0 unspecified atom stereocenters. The highest BCUT2D eigenvalue weighted by atomic mass is 19.3. The Morgan fingerprint density at radius 1 is 1.14 bits per heavy atom. The molecule has 154 valence electrons. The Bertz CT molecular complexity index is 1060. The van der Waals surface area contributed by atoms with Gasteiger partial charge >= 0.3 is 0 Å². The number of fused-ring (bicyclic) bond motifs is 1. The molecule has 0 N–H and O–H groups in total. The molecule has 5 rings (SSSR count). The molecule has 0 atom stereocenters. The number of aromatic nitrogens is 9. The van der Waals surface area contributed by atoms with Crippen LogP contribution in [0.1, 0.15) is 57.7 Å². The summed E-state index contributed by atoms with van der Waals surface area (Å²) in [6, 6.07) is 0.333. The Morgan fingerprint density at radius 3 is 2.59 bits per heavy atom. The van der Waals surface area contributed by atoms with E-state index in [-0.39, 0.29) is 31.5 Å². The first-order valence-corrected chi connectivity index (χ1v) is 9.72. The fourth-order valence-corrected chi connectivity index (χ4v) is 3.43. The lowest BCUT2D eigenvalue weighted by molar-refractivity contribution is 0.0257. The van der Waals surface area contributed by atoms with E-state index in [4.69, 9.17) is 0 Å². The lowest BCUT2D eigenvalue weighted by Gasteiger charge is -2.21. The molecule has 12 heteroatoms. The molecule has 0 radical (unpaired) electrons. The summed E-state index contributed by atoms with van der Waals surface area (Å²) >= 11 is 0. The molecule has 1 saturated heterocycles. The van der Waals surface area contributed by atoms with E-state index in [0.717, 1.165) is 12.8 Å². The molecule has 0 spiro atoms. The standard InChI is InChI=1S/C17H22F2N10/c1-16(2,3)15-20-13-12(14(21-15)27-7-6-17(18,19)9-27)23-28(24-13)8-11-22-25-26-29(11)10-4-5-10/h10H,4-9H2,1-3H3. The molecule has 29 heavy (non-hydrogen) atoms. The van der Waals surface area contributed by atoms with E-state index < -0.39 is 5.92 Å². The van der Waals surface area contributed by atoms with Gasteiger partial charge in [0.05, 0.1) is 12.6 Å². The average molecular weight is 404 g/mol. The van der Waals surface area contributed by atoms with E-state index in [0.29, 0.717) is 34.7 Å². The van der Waals surface area contributed by atoms with E-state index in [1.54, 1.807) is 9.58 Å². The van der Waals surface area contributed by atoms with Crippen molar-refractivity contribution in [3.63, 3.8) is 0 Å². The van der Waals surface area contributed by atoms with Gasteiger partial charge in [0.1, 0.15) is 12.4 Å². The first-order valence-electron chi connectivity index (χ1n) is 9.72. The van der Waals surface area contributed by atoms with Crippen molar-refractivity contribution >= 4 is 17.0 Å². The minimum atomic E-state index is -2.73. The second-order valence-electron chi connectivity index (χ2n) is 8.82. The van der Waals surface area contributed by atoms with Gasteiger partial charge in [-0.3, -0.25) is 0 Å². The van der Waals surface area contributed by atoms with Crippen molar-refractivity contribution in [2.24, 2.45) is 0 Å². The molecule has 4 heterocycles. The van der Waals surface area contributed by atoms with E-state index in [9.17, 15) is 8.78 Å². The normalized spacial score (nSPS) is 19.4. The molecular weight excluding hydrogens is 382 g/mol. The van der Waals surface area contributed by atoms with Crippen molar-refractivity contribution in [2.75, 3.05) is 18.0 Å². The maximum atomic E-state index is 13.8. The second kappa shape index (κ2) is 6.10. The zero-order valence-corrected chi connectivity index (χ0v) is 16.5. The number of tetrazole rings is 1. The van der Waals surface area contributed by atoms with Crippen LogP contribution < -0.4 is 4.90 Å². The Kier molecular flexibility index (Phi) is 3.84. The van der Waals surface area contributed by atoms with Gasteiger partial charge in [-0.05, 0) is 23.3 Å². The summed E-state index contributed by atoms with van der Waals surface area (Å²) < 4.78 is 29.5. The Morgan fingerprint density at radius 2 is 1.93 bits per heavy atom. The molecule has 0 amide bonds. The van der Waals surface area contributed by atoms with Crippen LogP contribution in [-0.2, 0) is 12.0 Å². The van der Waals surface area contributed by atoms with E-state index in [1.165, 1.54) is 4.80 Å². The topological polar surface area (TPSA) is 103 Å². The zero-order valence-electron chi connectivity index (χ0n) is 16.5. The summed E-state index contributed by atoms with van der Waals surface area (Å²) in [6.07, 6.45) is 1.91. The summed E-state index contributed by atoms with van der Waals surface area (Å²) in [7, 11) is 0. The molecule has 10 nitrogen and oxygen atoms in total. The third-order valence-electron chi connectivity index (χ3n) is 5.15. The second-order valence-corrected chi connectivity index (χ2v) is 8.82. The predicted molar refractivity (Wildman–Crippen MR) is 98.8 cm³/mol. The summed E-state index contributed by atoms with van der Waals surface area (Å²) in [6.45, 7) is 6.05. The third-order valence-corrected chi connectivity index (χ3v) is 5.15. The van der Waals surface area contributed by atoms with Gasteiger partial charge in [0.15, 0.2) is 17.2 Å². The molecule has 0 aromatic carbocycles. The molecule has 0 bridgehead atoms. The monoisotopic (exact) mass is 404 g/mol. The van der Waals surface area contributed by atoms with Crippen molar-refractivity contribution < 1.29 is 8.78 Å². The van der Waals surface area contributed by atoms with Crippen LogP contribution in [0.2, 0.25) is 0 Å². The molecule has 3 aromatic heterocycles. The molecule has 1 aliphatic carbocycles. The number of nitrogens with zero attached hydrogens (tertiary/aromatic N) is 10. The number of hydrogen-bond donors (Lipinski definition) is 0. The molecule has 3 aromatic rings. The lowest BCUT2D eigenvalue weighted by Crippen LogP contribution is -2.27. The van der Waals surface area contributed by atoms with E-state index >= 15 is 0 Å². The summed E-state index contributed by atoms with van der Waals surface area (Å²) in [5, 5.41) is 20.9. The minimum absolute atomic E-state index is 0.201. The highest BCUT2D eigenvalue weighted by Crippen LogP contribution is 2.35. The Hall–Kier alpha value is -2.79. The van der Waals surface area contributed by atoms with Crippen molar-refractivity contribution in [3.05, 3.63) is 11.6 Å². The lowest BCUT2D eigenvalue weighted by atomic mass is 9.96. The summed E-state index contributed by atoms with van der Waals surface area (Å²) in [5.41, 5.74) is 0.451. The SMILES string of the molecule is CC(C)(C)c1nc(N2CCC(F)(F)C2)c2nn(Cc3nnnn3C3CC3)nc2n1. The minimum Gasteiger partial charge on any atom is -0.348 e. The van der Waals surface area contributed by atoms with Gasteiger partial charge in [0.25, 0.3) is 5.92 Å². The first kappa shape index (κ1) is 18.3. The molecule has 2 aliphatic rings. The average Bonchev–Trinajstić information content (AvgIpc) is 3.06. The van der Waals surface area contributed by atoms with Crippen LogP contribution in [0.25, 0.3) is 11.2 Å².